The van der Waals surface area contributed by atoms with Crippen molar-refractivity contribution in [3.63, 3.8) is 0 Å². The molecule has 0 radical (unpaired) electrons. The van der Waals surface area contributed by atoms with Crippen LogP contribution in [0.3, 0.4) is 0 Å². The molecule has 0 aliphatic rings. The van der Waals surface area contributed by atoms with Crippen LogP contribution in [0, 0.1) is 17.3 Å². The van der Waals surface area contributed by atoms with Crippen molar-refractivity contribution in [2.24, 2.45) is 0 Å². The summed E-state index contributed by atoms with van der Waals surface area (Å²) in [6.45, 7) is 0. The van der Waals surface area contributed by atoms with Crippen LogP contribution < -0.4 is 21.2 Å². The topological polar surface area (TPSA) is 100 Å². The zero-order valence-electron chi connectivity index (χ0n) is 15.4. The lowest BCUT2D eigenvalue weighted by Gasteiger charge is -2.34. The van der Waals surface area contributed by atoms with Crippen LogP contribution in [0.2, 0.25) is 0 Å². The van der Waals surface area contributed by atoms with Crippen LogP contribution in [0.4, 0.5) is 45.2 Å². The number of alkyl halides is 9. The summed E-state index contributed by atoms with van der Waals surface area (Å²) in [6.07, 6.45) is -7.16. The molecule has 0 bridgehead atoms. The molecule has 0 unspecified atom stereocenters. The minimum Gasteiger partial charge on any atom is -0.743 e. The van der Waals surface area contributed by atoms with E-state index in [2.05, 4.69) is 12.1 Å². The number of hydrogen-bond acceptors (Lipinski definition) is 5. The molecule has 0 spiro atoms. The first kappa shape index (κ1) is 28.9. The molecule has 0 aliphatic heterocycles. The van der Waals surface area contributed by atoms with Gasteiger partial charge in [-0.2, -0.15) is 39.5 Å². The van der Waals surface area contributed by atoms with Crippen molar-refractivity contribution >= 4 is 15.8 Å². The van der Waals surface area contributed by atoms with Gasteiger partial charge in [0, 0.05) is 12.1 Å². The Labute approximate surface area is 189 Å². The summed E-state index contributed by atoms with van der Waals surface area (Å²) in [6, 6.07) is 17.0. The molecule has 0 N–H and O–H groups in total. The molecule has 0 heterocycles. The van der Waals surface area contributed by atoms with Gasteiger partial charge in [0.25, 0.3) is 5.69 Å². The molecule has 2 aromatic rings. The Morgan fingerprint density at radius 3 is 1.52 bits per heavy atom. The van der Waals surface area contributed by atoms with E-state index in [1.54, 1.807) is 12.1 Å². The SMILES string of the molecule is O=S(=O)([O-])C(F)(F)C(F)(F)C(F)(F)C(F)(F)F.O=[N+]([O-])c1ccc([I+]c2ccccc2)cc1. The quantitative estimate of drug-likeness (QED) is 0.160. The molecular weight excluding hydrogens is 616 g/mol. The fourth-order valence-corrected chi connectivity index (χ4v) is 4.40. The van der Waals surface area contributed by atoms with Gasteiger partial charge in [0.05, 0.1) is 4.92 Å². The summed E-state index contributed by atoms with van der Waals surface area (Å²) in [4.78, 5) is 10.1. The lowest BCUT2D eigenvalue weighted by molar-refractivity contribution is -0.597. The molecular formula is C16H9F9INO5S. The molecule has 2 rings (SSSR count). The lowest BCUT2D eigenvalue weighted by Crippen LogP contribution is -3.61. The van der Waals surface area contributed by atoms with Crippen LogP contribution in [0.15, 0.2) is 54.6 Å². The fourth-order valence-electron chi connectivity index (χ4n) is 1.75. The largest absolute Gasteiger partial charge is 0.743 e. The average molecular weight is 625 g/mol. The van der Waals surface area contributed by atoms with Crippen molar-refractivity contribution in [2.75, 3.05) is 0 Å². The minimum absolute atomic E-state index is 0.154. The molecule has 0 atom stereocenters. The summed E-state index contributed by atoms with van der Waals surface area (Å²) in [5.41, 5.74) is 0.154. The molecule has 0 fully saturated rings. The normalized spacial score (nSPS) is 13.2. The van der Waals surface area contributed by atoms with Crippen LogP contribution in [-0.4, -0.2) is 41.2 Å². The maximum atomic E-state index is 12.2. The second-order valence-electron chi connectivity index (χ2n) is 5.74. The van der Waals surface area contributed by atoms with Gasteiger partial charge in [-0.05, 0) is 24.3 Å². The molecule has 0 aromatic heterocycles. The third-order valence-electron chi connectivity index (χ3n) is 3.42. The second-order valence-corrected chi connectivity index (χ2v) is 10.2. The molecule has 6 nitrogen and oxygen atoms in total. The smallest absolute Gasteiger partial charge is 0.460 e. The van der Waals surface area contributed by atoms with E-state index in [9.17, 15) is 62.6 Å². The van der Waals surface area contributed by atoms with Gasteiger partial charge in [-0.15, -0.1) is 0 Å². The summed E-state index contributed by atoms with van der Waals surface area (Å²) in [7, 11) is -7.42. The Bertz CT molecular complexity index is 1060. The number of non-ortho nitro benzene ring substituents is 1. The highest BCUT2D eigenvalue weighted by Crippen LogP contribution is 2.54. The van der Waals surface area contributed by atoms with E-state index >= 15 is 0 Å². The number of nitro benzene ring substituents is 1. The van der Waals surface area contributed by atoms with E-state index in [1.165, 1.54) is 7.14 Å². The average Bonchev–Trinajstić information content (AvgIpc) is 2.67. The Hall–Kier alpha value is -2.15. The zero-order valence-corrected chi connectivity index (χ0v) is 18.3. The third-order valence-corrected chi connectivity index (χ3v) is 6.99. The summed E-state index contributed by atoms with van der Waals surface area (Å²) in [5, 5.41) is 3.37. The maximum absolute atomic E-state index is 12.2. The number of nitro groups is 1. The standard InChI is InChI=1S/C12H9INO2.C4HF9O3S/c15-14(16)12-8-6-11(7-9-12)13-10-4-2-1-3-5-10;5-1(6,3(9,10)11)2(7,8)4(12,13)17(14,15)16/h1-9H;(H,14,15,16)/q+1;/p-1. The highest BCUT2D eigenvalue weighted by Gasteiger charge is 2.83. The van der Waals surface area contributed by atoms with Gasteiger partial charge in [0.15, 0.2) is 17.3 Å². The van der Waals surface area contributed by atoms with Crippen molar-refractivity contribution < 1.29 is 78.6 Å². The van der Waals surface area contributed by atoms with Crippen molar-refractivity contribution in [1.82, 2.24) is 0 Å². The summed E-state index contributed by atoms with van der Waals surface area (Å²) >= 11 is -0.227. The van der Waals surface area contributed by atoms with Gasteiger partial charge >= 0.3 is 44.5 Å². The summed E-state index contributed by atoms with van der Waals surface area (Å²) in [5.74, 6) is -14.8. The number of nitrogens with zero attached hydrogens (tertiary/aromatic N) is 1. The van der Waals surface area contributed by atoms with Crippen molar-refractivity contribution in [3.8, 4) is 0 Å². The number of hydrogen-bond donors (Lipinski definition) is 0. The van der Waals surface area contributed by atoms with Crippen LogP contribution in [-0.2, 0) is 10.1 Å². The van der Waals surface area contributed by atoms with Gasteiger partial charge in [-0.1, -0.05) is 18.2 Å². The van der Waals surface area contributed by atoms with Crippen molar-refractivity contribution in [3.05, 3.63) is 71.9 Å². The third kappa shape index (κ3) is 6.46. The molecule has 0 aliphatic carbocycles. The van der Waals surface area contributed by atoms with E-state index in [0.717, 1.165) is 0 Å². The van der Waals surface area contributed by atoms with Gasteiger partial charge in [-0.25, -0.2) is 8.42 Å². The van der Waals surface area contributed by atoms with Crippen LogP contribution in [0.25, 0.3) is 0 Å². The Kier molecular flexibility index (Phi) is 8.75. The van der Waals surface area contributed by atoms with E-state index in [1.807, 2.05) is 30.3 Å². The molecule has 17 heteroatoms. The molecule has 184 valence electrons. The minimum atomic E-state index is -7.43. The highest BCUT2D eigenvalue weighted by atomic mass is 127. The van der Waals surface area contributed by atoms with E-state index in [0.29, 0.717) is 0 Å². The second kappa shape index (κ2) is 10.00. The Balaban J connectivity index is 0.000000330. The highest BCUT2D eigenvalue weighted by molar-refractivity contribution is 7.86. The zero-order chi connectivity index (χ0) is 25.9. The maximum Gasteiger partial charge on any atom is 0.460 e. The van der Waals surface area contributed by atoms with Crippen molar-refractivity contribution in [1.29, 1.82) is 0 Å². The Morgan fingerprint density at radius 1 is 0.727 bits per heavy atom. The van der Waals surface area contributed by atoms with E-state index in [4.69, 9.17) is 0 Å². The molecule has 0 saturated carbocycles. The van der Waals surface area contributed by atoms with Gasteiger partial charge < -0.3 is 4.55 Å². The first-order valence-electron chi connectivity index (χ1n) is 7.85. The van der Waals surface area contributed by atoms with Crippen LogP contribution >= 0.6 is 0 Å². The van der Waals surface area contributed by atoms with Crippen molar-refractivity contribution in [2.45, 2.75) is 23.3 Å². The molecule has 33 heavy (non-hydrogen) atoms. The van der Waals surface area contributed by atoms with Crippen LogP contribution in [0.5, 0.6) is 0 Å². The monoisotopic (exact) mass is 625 g/mol. The van der Waals surface area contributed by atoms with Gasteiger partial charge in [-0.3, -0.25) is 10.1 Å². The molecule has 0 amide bonds. The number of halogens is 10. The summed E-state index contributed by atoms with van der Waals surface area (Å²) < 4.78 is 138. The van der Waals surface area contributed by atoms with E-state index < -0.39 is 33.4 Å². The first-order valence-corrected chi connectivity index (χ1v) is 11.4. The lowest BCUT2D eigenvalue weighted by atomic mass is 10.1. The molecule has 2 aromatic carbocycles. The predicted molar refractivity (Wildman–Crippen MR) is 87.5 cm³/mol. The first-order chi connectivity index (χ1) is 14.8. The van der Waals surface area contributed by atoms with Gasteiger partial charge in [0.1, 0.15) is 0 Å². The van der Waals surface area contributed by atoms with E-state index in [-0.39, 0.29) is 31.8 Å². The Morgan fingerprint density at radius 2 is 1.15 bits per heavy atom. The fraction of sp³-hybridized carbons (Fsp3) is 0.250. The molecule has 0 saturated heterocycles. The number of benzene rings is 2. The van der Waals surface area contributed by atoms with Crippen LogP contribution in [0.1, 0.15) is 0 Å². The van der Waals surface area contributed by atoms with Gasteiger partial charge in [0.2, 0.25) is 0 Å². The predicted octanol–water partition coefficient (Wildman–Crippen LogP) is 1.68. The number of rotatable bonds is 6.